The molecule has 1 rings (SSSR count). The number of anilines is 1. The molecule has 0 saturated heterocycles. The number of amides is 1. The molecule has 0 radical (unpaired) electrons. The zero-order valence-electron chi connectivity index (χ0n) is 10.8. The van der Waals surface area contributed by atoms with Crippen LogP contribution in [0.5, 0.6) is 5.75 Å². The van der Waals surface area contributed by atoms with Gasteiger partial charge in [0.2, 0.25) is 0 Å². The van der Waals surface area contributed by atoms with Crippen LogP contribution < -0.4 is 10.1 Å². The lowest BCUT2D eigenvalue weighted by Gasteiger charge is -2.09. The number of aryl methyl sites for hydroxylation is 1. The van der Waals surface area contributed by atoms with Crippen LogP contribution in [-0.2, 0) is 14.3 Å². The highest BCUT2D eigenvalue weighted by molar-refractivity contribution is 6.37. The summed E-state index contributed by atoms with van der Waals surface area (Å²) in [5, 5.41) is 2.47. The van der Waals surface area contributed by atoms with Gasteiger partial charge in [0, 0.05) is 5.69 Å². The van der Waals surface area contributed by atoms with Gasteiger partial charge in [-0.25, -0.2) is 4.79 Å². The second-order valence-electron chi connectivity index (χ2n) is 3.59. The summed E-state index contributed by atoms with van der Waals surface area (Å²) in [5.74, 6) is -0.906. The van der Waals surface area contributed by atoms with Crippen molar-refractivity contribution in [1.29, 1.82) is 0 Å². The molecule has 1 aromatic carbocycles. The fourth-order valence-corrected chi connectivity index (χ4v) is 1.42. The maximum absolute atomic E-state index is 11.4. The van der Waals surface area contributed by atoms with Crippen LogP contribution in [0, 0.1) is 6.92 Å². The number of nitrogens with one attached hydrogen (secondary N) is 1. The normalized spacial score (nSPS) is 9.72. The van der Waals surface area contributed by atoms with Crippen molar-refractivity contribution in [1.82, 2.24) is 0 Å². The topological polar surface area (TPSA) is 64.6 Å². The summed E-state index contributed by atoms with van der Waals surface area (Å²) in [4.78, 5) is 22.6. The lowest BCUT2D eigenvalue weighted by Crippen LogP contribution is -2.25. The molecule has 0 heterocycles. The maximum atomic E-state index is 11.4. The molecule has 0 bridgehead atoms. The molecule has 1 N–H and O–H groups in total. The van der Waals surface area contributed by atoms with Gasteiger partial charge in [-0.05, 0) is 44.5 Å². The molecule has 0 atom stereocenters. The number of benzene rings is 1. The molecule has 0 spiro atoms. The largest absolute Gasteiger partial charge is 0.494 e. The molecule has 0 saturated carbocycles. The highest BCUT2D eigenvalue weighted by Crippen LogP contribution is 2.21. The van der Waals surface area contributed by atoms with Crippen LogP contribution >= 0.6 is 0 Å². The minimum absolute atomic E-state index is 0.175. The van der Waals surface area contributed by atoms with E-state index in [2.05, 4.69) is 10.1 Å². The Labute approximate surface area is 106 Å². The highest BCUT2D eigenvalue weighted by atomic mass is 16.5. The van der Waals surface area contributed by atoms with E-state index in [4.69, 9.17) is 4.74 Å². The summed E-state index contributed by atoms with van der Waals surface area (Å²) in [7, 11) is 0. The Balaban J connectivity index is 2.71. The third kappa shape index (κ3) is 3.76. The third-order valence-corrected chi connectivity index (χ3v) is 2.19. The van der Waals surface area contributed by atoms with E-state index in [0.29, 0.717) is 12.3 Å². The molecular formula is C13H17NO4. The van der Waals surface area contributed by atoms with Gasteiger partial charge in [0.1, 0.15) is 5.75 Å². The van der Waals surface area contributed by atoms with Gasteiger partial charge in [-0.15, -0.1) is 0 Å². The smallest absolute Gasteiger partial charge is 0.397 e. The van der Waals surface area contributed by atoms with E-state index in [9.17, 15) is 9.59 Å². The van der Waals surface area contributed by atoms with Crippen LogP contribution in [0.15, 0.2) is 18.2 Å². The summed E-state index contributed by atoms with van der Waals surface area (Å²) in [6, 6.07) is 5.16. The predicted octanol–water partition coefficient (Wildman–Crippen LogP) is 1.90. The van der Waals surface area contributed by atoms with Crippen LogP contribution in [0.3, 0.4) is 0 Å². The van der Waals surface area contributed by atoms with Crippen molar-refractivity contribution < 1.29 is 19.1 Å². The van der Waals surface area contributed by atoms with E-state index in [0.717, 1.165) is 11.3 Å². The molecule has 0 aliphatic rings. The SMILES string of the molecule is CCOC(=O)C(=O)Nc1ccc(OCC)c(C)c1. The van der Waals surface area contributed by atoms with Gasteiger partial charge in [-0.1, -0.05) is 0 Å². The van der Waals surface area contributed by atoms with Crippen molar-refractivity contribution in [3.05, 3.63) is 23.8 Å². The zero-order chi connectivity index (χ0) is 13.5. The molecule has 0 aliphatic heterocycles. The highest BCUT2D eigenvalue weighted by Gasteiger charge is 2.14. The van der Waals surface area contributed by atoms with E-state index in [1.165, 1.54) is 0 Å². The minimum atomic E-state index is -0.885. The number of hydrogen-bond acceptors (Lipinski definition) is 4. The first kappa shape index (κ1) is 14.0. The Hall–Kier alpha value is -2.04. The Morgan fingerprint density at radius 2 is 1.94 bits per heavy atom. The monoisotopic (exact) mass is 251 g/mol. The summed E-state index contributed by atoms with van der Waals surface area (Å²) in [5.41, 5.74) is 1.42. The van der Waals surface area contributed by atoms with E-state index in [1.54, 1.807) is 25.1 Å². The summed E-state index contributed by atoms with van der Waals surface area (Å²) in [6.07, 6.45) is 0. The first-order chi connectivity index (χ1) is 8.58. The van der Waals surface area contributed by atoms with E-state index in [-0.39, 0.29) is 6.61 Å². The average Bonchev–Trinajstić information content (AvgIpc) is 2.33. The number of carbonyl (C=O) groups excluding carboxylic acids is 2. The molecule has 1 amide bonds. The van der Waals surface area contributed by atoms with Gasteiger partial charge in [0.05, 0.1) is 13.2 Å². The average molecular weight is 251 g/mol. The van der Waals surface area contributed by atoms with Gasteiger partial charge in [-0.3, -0.25) is 4.79 Å². The fourth-order valence-electron chi connectivity index (χ4n) is 1.42. The van der Waals surface area contributed by atoms with Crippen molar-refractivity contribution in [2.45, 2.75) is 20.8 Å². The minimum Gasteiger partial charge on any atom is -0.494 e. The molecule has 98 valence electrons. The van der Waals surface area contributed by atoms with Crippen LogP contribution in [-0.4, -0.2) is 25.1 Å². The Morgan fingerprint density at radius 1 is 1.22 bits per heavy atom. The molecule has 0 aromatic heterocycles. The molecule has 5 heteroatoms. The van der Waals surface area contributed by atoms with Crippen LogP contribution in [0.25, 0.3) is 0 Å². The van der Waals surface area contributed by atoms with Crippen molar-refractivity contribution in [3.8, 4) is 5.75 Å². The van der Waals surface area contributed by atoms with Gasteiger partial charge < -0.3 is 14.8 Å². The molecule has 5 nitrogen and oxygen atoms in total. The molecule has 0 aliphatic carbocycles. The summed E-state index contributed by atoms with van der Waals surface area (Å²) < 4.78 is 9.97. The van der Waals surface area contributed by atoms with Gasteiger partial charge in [-0.2, -0.15) is 0 Å². The van der Waals surface area contributed by atoms with E-state index < -0.39 is 11.9 Å². The second-order valence-corrected chi connectivity index (χ2v) is 3.59. The standard InChI is InChI=1S/C13H17NO4/c1-4-17-11-7-6-10(8-9(11)3)14-12(15)13(16)18-5-2/h6-8H,4-5H2,1-3H3,(H,14,15). The Bertz CT molecular complexity index is 443. The second kappa shape index (κ2) is 6.64. The molecular weight excluding hydrogens is 234 g/mol. The van der Waals surface area contributed by atoms with Crippen molar-refractivity contribution in [2.75, 3.05) is 18.5 Å². The lowest BCUT2D eigenvalue weighted by atomic mass is 10.2. The van der Waals surface area contributed by atoms with Gasteiger partial charge >= 0.3 is 11.9 Å². The van der Waals surface area contributed by atoms with Crippen molar-refractivity contribution in [2.24, 2.45) is 0 Å². The van der Waals surface area contributed by atoms with Crippen LogP contribution in [0.4, 0.5) is 5.69 Å². The zero-order valence-corrected chi connectivity index (χ0v) is 10.8. The summed E-state index contributed by atoms with van der Waals surface area (Å²) >= 11 is 0. The first-order valence-electron chi connectivity index (χ1n) is 5.80. The lowest BCUT2D eigenvalue weighted by molar-refractivity contribution is -0.152. The van der Waals surface area contributed by atoms with Crippen LogP contribution in [0.2, 0.25) is 0 Å². The van der Waals surface area contributed by atoms with Crippen LogP contribution in [0.1, 0.15) is 19.4 Å². The van der Waals surface area contributed by atoms with Gasteiger partial charge in [0.25, 0.3) is 0 Å². The predicted molar refractivity (Wildman–Crippen MR) is 67.6 cm³/mol. The number of hydrogen-bond donors (Lipinski definition) is 1. The Kier molecular flexibility index (Phi) is 5.17. The van der Waals surface area contributed by atoms with Gasteiger partial charge in [0.15, 0.2) is 0 Å². The third-order valence-electron chi connectivity index (χ3n) is 2.19. The fraction of sp³-hybridized carbons (Fsp3) is 0.385. The number of carbonyl (C=O) groups is 2. The quantitative estimate of drug-likeness (QED) is 0.655. The van der Waals surface area contributed by atoms with E-state index in [1.807, 2.05) is 13.8 Å². The number of esters is 1. The van der Waals surface area contributed by atoms with E-state index >= 15 is 0 Å². The first-order valence-corrected chi connectivity index (χ1v) is 5.80. The maximum Gasteiger partial charge on any atom is 0.397 e. The summed E-state index contributed by atoms with van der Waals surface area (Å²) in [6.45, 7) is 6.16. The molecule has 1 aromatic rings. The molecule has 18 heavy (non-hydrogen) atoms. The Morgan fingerprint density at radius 3 is 2.50 bits per heavy atom. The van der Waals surface area contributed by atoms with Crippen molar-refractivity contribution in [3.63, 3.8) is 0 Å². The molecule has 0 unspecified atom stereocenters. The number of rotatable bonds is 4. The van der Waals surface area contributed by atoms with Crippen molar-refractivity contribution >= 4 is 17.6 Å². The number of ether oxygens (including phenoxy) is 2. The molecule has 0 fully saturated rings.